The minimum absolute atomic E-state index is 0.129. The Labute approximate surface area is 142 Å². The van der Waals surface area contributed by atoms with Gasteiger partial charge >= 0.3 is 5.97 Å². The second kappa shape index (κ2) is 5.21. The van der Waals surface area contributed by atoms with Crippen molar-refractivity contribution in [2.45, 2.75) is 19.3 Å². The Hall–Kier alpha value is -2.08. The van der Waals surface area contributed by atoms with Gasteiger partial charge in [0.25, 0.3) is 5.91 Å². The number of nitrogens with one attached hydrogen (secondary N) is 1. The molecule has 1 atom stereocenters. The van der Waals surface area contributed by atoms with E-state index in [0.29, 0.717) is 43.3 Å². The molecule has 2 fully saturated rings. The summed E-state index contributed by atoms with van der Waals surface area (Å²) in [5, 5.41) is 9.84. The number of carbonyl (C=O) groups is 2. The van der Waals surface area contributed by atoms with E-state index in [1.165, 1.54) is 12.1 Å². The van der Waals surface area contributed by atoms with Gasteiger partial charge in [0.2, 0.25) is 0 Å². The molecule has 4 rings (SSSR count). The molecule has 2 N–H and O–H groups in total. The maximum absolute atomic E-state index is 13.4. The SMILES string of the molecule is O=C(O)C1CC12CCN(C(=O)c1[nH]c3ccc(F)cc3c1Cl)CC2. The van der Waals surface area contributed by atoms with Crippen LogP contribution in [0.3, 0.4) is 0 Å². The van der Waals surface area contributed by atoms with Crippen molar-refractivity contribution in [2.24, 2.45) is 11.3 Å². The van der Waals surface area contributed by atoms with Gasteiger partial charge in [0.05, 0.1) is 10.9 Å². The number of nitrogens with zero attached hydrogens (tertiary/aromatic N) is 1. The first-order valence-electron chi connectivity index (χ1n) is 7.90. The topological polar surface area (TPSA) is 73.4 Å². The van der Waals surface area contributed by atoms with E-state index in [-0.39, 0.29) is 28.0 Å². The number of aromatic nitrogens is 1. The second-order valence-corrected chi connectivity index (χ2v) is 7.13. The lowest BCUT2D eigenvalue weighted by atomic mass is 9.90. The number of carboxylic acid groups (broad SMARTS) is 1. The largest absolute Gasteiger partial charge is 0.481 e. The molecule has 2 heterocycles. The second-order valence-electron chi connectivity index (χ2n) is 6.75. The summed E-state index contributed by atoms with van der Waals surface area (Å²) in [5.74, 6) is -1.64. The molecule has 1 saturated carbocycles. The van der Waals surface area contributed by atoms with Crippen LogP contribution < -0.4 is 0 Å². The third-order valence-corrected chi connectivity index (χ3v) is 5.84. The number of H-pyrrole nitrogens is 1. The van der Waals surface area contributed by atoms with Crippen molar-refractivity contribution in [3.8, 4) is 0 Å². The molecular formula is C17H16ClFN2O3. The Morgan fingerprint density at radius 3 is 2.67 bits per heavy atom. The smallest absolute Gasteiger partial charge is 0.307 e. The summed E-state index contributed by atoms with van der Waals surface area (Å²) in [6.45, 7) is 1.03. The Balaban J connectivity index is 1.53. The zero-order valence-corrected chi connectivity index (χ0v) is 13.6. The van der Waals surface area contributed by atoms with Crippen LogP contribution in [0.1, 0.15) is 29.8 Å². The third kappa shape index (κ3) is 2.28. The summed E-state index contributed by atoms with van der Waals surface area (Å²) in [6, 6.07) is 4.17. The number of aliphatic carboxylic acids is 1. The van der Waals surface area contributed by atoms with E-state index in [0.717, 1.165) is 0 Å². The van der Waals surface area contributed by atoms with Crippen molar-refractivity contribution in [2.75, 3.05) is 13.1 Å². The molecule has 1 aromatic heterocycles. The molecule has 1 aliphatic carbocycles. The highest BCUT2D eigenvalue weighted by molar-refractivity contribution is 6.38. The van der Waals surface area contributed by atoms with Gasteiger partial charge in [-0.3, -0.25) is 9.59 Å². The molecule has 1 amide bonds. The van der Waals surface area contributed by atoms with E-state index in [1.807, 2.05) is 0 Å². The van der Waals surface area contributed by atoms with Gasteiger partial charge in [-0.2, -0.15) is 0 Å². The van der Waals surface area contributed by atoms with Crippen LogP contribution in [0, 0.1) is 17.2 Å². The number of hydrogen-bond donors (Lipinski definition) is 2. The fourth-order valence-electron chi connectivity index (χ4n) is 3.84. The van der Waals surface area contributed by atoms with E-state index in [2.05, 4.69) is 4.98 Å². The molecule has 1 unspecified atom stereocenters. The molecule has 0 radical (unpaired) electrons. The maximum Gasteiger partial charge on any atom is 0.307 e. The number of benzene rings is 1. The number of piperidine rings is 1. The first-order valence-corrected chi connectivity index (χ1v) is 8.28. The highest BCUT2D eigenvalue weighted by Gasteiger charge is 2.59. The van der Waals surface area contributed by atoms with E-state index in [4.69, 9.17) is 16.7 Å². The molecule has 24 heavy (non-hydrogen) atoms. The number of hydrogen-bond acceptors (Lipinski definition) is 2. The van der Waals surface area contributed by atoms with Gasteiger partial charge in [-0.15, -0.1) is 0 Å². The lowest BCUT2D eigenvalue weighted by molar-refractivity contribution is -0.139. The molecule has 126 valence electrons. The van der Waals surface area contributed by atoms with Crippen molar-refractivity contribution >= 4 is 34.4 Å². The number of likely N-dealkylation sites (tertiary alicyclic amines) is 1. The van der Waals surface area contributed by atoms with Crippen LogP contribution in [0.4, 0.5) is 4.39 Å². The molecular weight excluding hydrogens is 335 g/mol. The summed E-state index contributed by atoms with van der Waals surface area (Å²) in [7, 11) is 0. The van der Waals surface area contributed by atoms with Crippen LogP contribution in [0.15, 0.2) is 18.2 Å². The number of halogens is 2. The van der Waals surface area contributed by atoms with Crippen molar-refractivity contribution in [1.29, 1.82) is 0 Å². The fraction of sp³-hybridized carbons (Fsp3) is 0.412. The van der Waals surface area contributed by atoms with Crippen LogP contribution in [0.2, 0.25) is 5.02 Å². The lowest BCUT2D eigenvalue weighted by Gasteiger charge is -2.32. The van der Waals surface area contributed by atoms with Gasteiger partial charge in [-0.1, -0.05) is 11.6 Å². The van der Waals surface area contributed by atoms with Crippen LogP contribution >= 0.6 is 11.6 Å². The van der Waals surface area contributed by atoms with Crippen molar-refractivity contribution < 1.29 is 19.1 Å². The monoisotopic (exact) mass is 350 g/mol. The predicted octanol–water partition coefficient (Wildman–Crippen LogP) is 3.29. The summed E-state index contributed by atoms with van der Waals surface area (Å²) in [5.41, 5.74) is 0.751. The summed E-state index contributed by atoms with van der Waals surface area (Å²) in [4.78, 5) is 28.5. The quantitative estimate of drug-likeness (QED) is 0.872. The standard InChI is InChI=1S/C17H16ClFN2O3/c18-13-10-7-9(19)1-2-12(10)20-14(13)15(22)21-5-3-17(4-6-21)8-11(17)16(23)24/h1-2,7,11,20H,3-6,8H2,(H,23,24). The van der Waals surface area contributed by atoms with Crippen LogP contribution in [0.25, 0.3) is 10.9 Å². The van der Waals surface area contributed by atoms with Crippen molar-refractivity contribution in [3.05, 3.63) is 34.7 Å². The Morgan fingerprint density at radius 2 is 2.04 bits per heavy atom. The average molecular weight is 351 g/mol. The molecule has 1 aliphatic heterocycles. The van der Waals surface area contributed by atoms with E-state index in [9.17, 15) is 14.0 Å². The molecule has 1 aromatic carbocycles. The summed E-state index contributed by atoms with van der Waals surface area (Å²) < 4.78 is 13.4. The van der Waals surface area contributed by atoms with Gasteiger partial charge in [0, 0.05) is 24.0 Å². The van der Waals surface area contributed by atoms with Crippen molar-refractivity contribution in [3.63, 3.8) is 0 Å². The number of carboxylic acids is 1. The minimum Gasteiger partial charge on any atom is -0.481 e. The number of fused-ring (bicyclic) bond motifs is 1. The normalized spacial score (nSPS) is 22.1. The number of amides is 1. The van der Waals surface area contributed by atoms with Crippen LogP contribution in [-0.2, 0) is 4.79 Å². The lowest BCUT2D eigenvalue weighted by Crippen LogP contribution is -2.40. The van der Waals surface area contributed by atoms with Gasteiger partial charge in [-0.25, -0.2) is 4.39 Å². The molecule has 1 saturated heterocycles. The molecule has 2 aromatic rings. The summed E-state index contributed by atoms with van der Waals surface area (Å²) in [6.07, 6.45) is 2.10. The number of rotatable bonds is 2. The Morgan fingerprint density at radius 1 is 1.33 bits per heavy atom. The summed E-state index contributed by atoms with van der Waals surface area (Å²) >= 11 is 6.25. The molecule has 0 bridgehead atoms. The van der Waals surface area contributed by atoms with Gasteiger partial charge in [0.15, 0.2) is 0 Å². The van der Waals surface area contributed by atoms with Gasteiger partial charge < -0.3 is 15.0 Å². The third-order valence-electron chi connectivity index (χ3n) is 5.45. The zero-order valence-electron chi connectivity index (χ0n) is 12.8. The van der Waals surface area contributed by atoms with Gasteiger partial charge in [0.1, 0.15) is 11.5 Å². The predicted molar refractivity (Wildman–Crippen MR) is 86.6 cm³/mol. The molecule has 5 nitrogen and oxygen atoms in total. The highest BCUT2D eigenvalue weighted by Crippen LogP contribution is 2.59. The van der Waals surface area contributed by atoms with Crippen LogP contribution in [-0.4, -0.2) is 40.0 Å². The average Bonchev–Trinajstić information content (AvgIpc) is 3.17. The van der Waals surface area contributed by atoms with E-state index < -0.39 is 11.8 Å². The molecule has 1 spiro atoms. The van der Waals surface area contributed by atoms with Crippen molar-refractivity contribution in [1.82, 2.24) is 9.88 Å². The first-order chi connectivity index (χ1) is 11.4. The van der Waals surface area contributed by atoms with Gasteiger partial charge in [-0.05, 0) is 42.9 Å². The maximum atomic E-state index is 13.4. The van der Waals surface area contributed by atoms with E-state index in [1.54, 1.807) is 11.0 Å². The molecule has 7 heteroatoms. The minimum atomic E-state index is -0.740. The van der Waals surface area contributed by atoms with E-state index >= 15 is 0 Å². The zero-order chi connectivity index (χ0) is 17.1. The highest BCUT2D eigenvalue weighted by atomic mass is 35.5. The van der Waals surface area contributed by atoms with Crippen LogP contribution in [0.5, 0.6) is 0 Å². The Kier molecular flexibility index (Phi) is 3.35. The molecule has 2 aliphatic rings. The number of aromatic amines is 1. The first kappa shape index (κ1) is 15.4. The Bertz CT molecular complexity index is 855. The fourth-order valence-corrected chi connectivity index (χ4v) is 4.13. The number of carbonyl (C=O) groups excluding carboxylic acids is 1.